The van der Waals surface area contributed by atoms with Gasteiger partial charge in [0.15, 0.2) is 0 Å². The second kappa shape index (κ2) is 6.61. The summed E-state index contributed by atoms with van der Waals surface area (Å²) < 4.78 is 0. The summed E-state index contributed by atoms with van der Waals surface area (Å²) in [5.41, 5.74) is 1.77. The average Bonchev–Trinajstić information content (AvgIpc) is 2.88. The minimum Gasteiger partial charge on any atom is -0.296 e. The molecule has 1 heterocycles. The van der Waals surface area contributed by atoms with Gasteiger partial charge in [0.1, 0.15) is 5.01 Å². The Labute approximate surface area is 123 Å². The third kappa shape index (κ3) is 3.63. The highest BCUT2D eigenvalue weighted by Crippen LogP contribution is 2.26. The van der Waals surface area contributed by atoms with Crippen LogP contribution in [0.25, 0.3) is 0 Å². The first kappa shape index (κ1) is 14.7. The Kier molecular flexibility index (Phi) is 4.84. The number of nitrogens with one attached hydrogen (secondary N) is 1. The highest BCUT2D eigenvalue weighted by molar-refractivity contribution is 7.15. The van der Waals surface area contributed by atoms with Gasteiger partial charge in [-0.05, 0) is 25.5 Å². The van der Waals surface area contributed by atoms with Crippen LogP contribution >= 0.6 is 11.3 Å². The highest BCUT2D eigenvalue weighted by atomic mass is 32.1. The third-order valence-electron chi connectivity index (χ3n) is 3.12. The Balaban J connectivity index is 2.03. The van der Waals surface area contributed by atoms with Crippen molar-refractivity contribution in [2.45, 2.75) is 39.5 Å². The Morgan fingerprint density at radius 1 is 1.30 bits per heavy atom. The molecule has 0 bridgehead atoms. The van der Waals surface area contributed by atoms with Crippen LogP contribution in [0, 0.1) is 6.92 Å². The average molecular weight is 289 g/mol. The number of rotatable bonds is 5. The van der Waals surface area contributed by atoms with Crippen LogP contribution < -0.4 is 5.32 Å². The maximum absolute atomic E-state index is 12.1. The number of aryl methyl sites for hydroxylation is 1. The molecule has 2 rings (SSSR count). The predicted octanol–water partition coefficient (Wildman–Crippen LogP) is 4.00. The number of anilines is 1. The van der Waals surface area contributed by atoms with Crippen molar-refractivity contribution in [3.8, 4) is 0 Å². The van der Waals surface area contributed by atoms with Crippen molar-refractivity contribution in [2.24, 2.45) is 0 Å². The molecule has 1 aromatic heterocycles. The number of aromatic nitrogens is 2. The largest absolute Gasteiger partial charge is 0.296 e. The molecule has 0 saturated heterocycles. The lowest BCUT2D eigenvalue weighted by atomic mass is 10.1. The first-order chi connectivity index (χ1) is 9.60. The van der Waals surface area contributed by atoms with Crippen molar-refractivity contribution < 1.29 is 4.79 Å². The molecule has 0 fully saturated rings. The van der Waals surface area contributed by atoms with E-state index in [2.05, 4.69) is 29.4 Å². The quantitative estimate of drug-likeness (QED) is 0.905. The number of nitrogens with zero attached hydrogens (tertiary/aromatic N) is 2. The number of carbonyl (C=O) groups is 1. The molecule has 0 aliphatic heterocycles. The number of benzene rings is 1. The van der Waals surface area contributed by atoms with Crippen LogP contribution in [-0.4, -0.2) is 16.1 Å². The van der Waals surface area contributed by atoms with Gasteiger partial charge in [0, 0.05) is 11.5 Å². The lowest BCUT2D eigenvalue weighted by Crippen LogP contribution is -2.11. The molecule has 1 amide bonds. The summed E-state index contributed by atoms with van der Waals surface area (Å²) >= 11 is 1.45. The van der Waals surface area contributed by atoms with Crippen molar-refractivity contribution in [3.63, 3.8) is 0 Å². The zero-order valence-corrected chi connectivity index (χ0v) is 12.8. The lowest BCUT2D eigenvalue weighted by Gasteiger charge is -2.03. The molecule has 1 atom stereocenters. The summed E-state index contributed by atoms with van der Waals surface area (Å²) in [6.07, 6.45) is 2.20. The third-order valence-corrected chi connectivity index (χ3v) is 4.19. The van der Waals surface area contributed by atoms with E-state index >= 15 is 0 Å². The normalized spacial score (nSPS) is 12.2. The van der Waals surface area contributed by atoms with E-state index in [-0.39, 0.29) is 5.91 Å². The van der Waals surface area contributed by atoms with Crippen LogP contribution in [0.2, 0.25) is 0 Å². The second-order valence-electron chi connectivity index (χ2n) is 4.96. The van der Waals surface area contributed by atoms with E-state index in [0.29, 0.717) is 16.6 Å². The molecule has 0 radical (unpaired) electrons. The predicted molar refractivity (Wildman–Crippen MR) is 82.4 cm³/mol. The standard InChI is InChI=1S/C15H19N3OS/c1-4-5-11(3)14-17-18-15(20-14)16-13(19)12-8-6-10(2)7-9-12/h6-9,11H,4-5H2,1-3H3,(H,16,18,19)/t11-/m1/s1. The molecule has 0 aliphatic rings. The summed E-state index contributed by atoms with van der Waals surface area (Å²) in [5, 5.41) is 12.5. The maximum Gasteiger partial charge on any atom is 0.257 e. The summed E-state index contributed by atoms with van der Waals surface area (Å²) in [5.74, 6) is 0.248. The van der Waals surface area contributed by atoms with Gasteiger partial charge >= 0.3 is 0 Å². The van der Waals surface area contributed by atoms with Crippen LogP contribution in [0.15, 0.2) is 24.3 Å². The van der Waals surface area contributed by atoms with Gasteiger partial charge in [-0.15, -0.1) is 10.2 Å². The zero-order valence-electron chi connectivity index (χ0n) is 12.0. The van der Waals surface area contributed by atoms with E-state index in [1.807, 2.05) is 31.2 Å². The monoisotopic (exact) mass is 289 g/mol. The highest BCUT2D eigenvalue weighted by Gasteiger charge is 2.13. The fourth-order valence-corrected chi connectivity index (χ4v) is 2.74. The van der Waals surface area contributed by atoms with Crippen LogP contribution in [0.1, 0.15) is 53.5 Å². The molecule has 0 unspecified atom stereocenters. The van der Waals surface area contributed by atoms with Gasteiger partial charge in [-0.1, -0.05) is 49.3 Å². The van der Waals surface area contributed by atoms with E-state index in [0.717, 1.165) is 23.4 Å². The molecule has 2 aromatic rings. The van der Waals surface area contributed by atoms with Crippen molar-refractivity contribution in [3.05, 3.63) is 40.4 Å². The van der Waals surface area contributed by atoms with Gasteiger partial charge in [0.25, 0.3) is 5.91 Å². The van der Waals surface area contributed by atoms with Crippen molar-refractivity contribution in [1.82, 2.24) is 10.2 Å². The Bertz CT molecular complexity index is 577. The van der Waals surface area contributed by atoms with Gasteiger partial charge in [0.05, 0.1) is 0 Å². The number of amides is 1. The van der Waals surface area contributed by atoms with Gasteiger partial charge in [-0.25, -0.2) is 0 Å². The fourth-order valence-electron chi connectivity index (χ4n) is 1.91. The minimum absolute atomic E-state index is 0.143. The van der Waals surface area contributed by atoms with Crippen LogP contribution in [0.4, 0.5) is 5.13 Å². The smallest absolute Gasteiger partial charge is 0.257 e. The molecule has 0 aliphatic carbocycles. The molecule has 0 spiro atoms. The maximum atomic E-state index is 12.1. The van der Waals surface area contributed by atoms with E-state index < -0.39 is 0 Å². The van der Waals surface area contributed by atoms with Crippen molar-refractivity contribution >= 4 is 22.4 Å². The Morgan fingerprint density at radius 3 is 2.65 bits per heavy atom. The molecular weight excluding hydrogens is 270 g/mol. The van der Waals surface area contributed by atoms with Gasteiger partial charge in [-0.2, -0.15) is 0 Å². The molecule has 4 nitrogen and oxygen atoms in total. The molecule has 20 heavy (non-hydrogen) atoms. The Morgan fingerprint density at radius 2 is 2.00 bits per heavy atom. The van der Waals surface area contributed by atoms with Crippen LogP contribution in [-0.2, 0) is 0 Å². The first-order valence-corrected chi connectivity index (χ1v) is 7.63. The lowest BCUT2D eigenvalue weighted by molar-refractivity contribution is 0.102. The topological polar surface area (TPSA) is 54.9 Å². The number of hydrogen-bond donors (Lipinski definition) is 1. The number of hydrogen-bond acceptors (Lipinski definition) is 4. The summed E-state index contributed by atoms with van der Waals surface area (Å²) in [6.45, 7) is 6.28. The summed E-state index contributed by atoms with van der Waals surface area (Å²) in [7, 11) is 0. The molecule has 0 saturated carbocycles. The first-order valence-electron chi connectivity index (χ1n) is 6.81. The van der Waals surface area contributed by atoms with Crippen molar-refractivity contribution in [1.29, 1.82) is 0 Å². The Hall–Kier alpha value is -1.75. The van der Waals surface area contributed by atoms with Gasteiger partial charge in [0.2, 0.25) is 5.13 Å². The van der Waals surface area contributed by atoms with E-state index in [1.54, 1.807) is 0 Å². The summed E-state index contributed by atoms with van der Waals surface area (Å²) in [6, 6.07) is 7.46. The van der Waals surface area contributed by atoms with Crippen LogP contribution in [0.5, 0.6) is 0 Å². The molecule has 1 aromatic carbocycles. The van der Waals surface area contributed by atoms with E-state index in [9.17, 15) is 4.79 Å². The second-order valence-corrected chi connectivity index (χ2v) is 5.96. The molecule has 106 valence electrons. The summed E-state index contributed by atoms with van der Waals surface area (Å²) in [4.78, 5) is 12.1. The number of carbonyl (C=O) groups excluding carboxylic acids is 1. The minimum atomic E-state index is -0.143. The zero-order chi connectivity index (χ0) is 14.5. The SMILES string of the molecule is CCC[C@@H](C)c1nnc(NC(=O)c2ccc(C)cc2)s1. The van der Waals surface area contributed by atoms with Gasteiger partial charge in [-0.3, -0.25) is 10.1 Å². The fraction of sp³-hybridized carbons (Fsp3) is 0.400. The van der Waals surface area contributed by atoms with Gasteiger partial charge < -0.3 is 0 Å². The van der Waals surface area contributed by atoms with Crippen molar-refractivity contribution in [2.75, 3.05) is 5.32 Å². The van der Waals surface area contributed by atoms with E-state index in [1.165, 1.54) is 11.3 Å². The van der Waals surface area contributed by atoms with E-state index in [4.69, 9.17) is 0 Å². The molecule has 1 N–H and O–H groups in total. The van der Waals surface area contributed by atoms with Crippen LogP contribution in [0.3, 0.4) is 0 Å². The molecular formula is C15H19N3OS. The molecule has 5 heteroatoms.